The van der Waals surface area contributed by atoms with Gasteiger partial charge in [-0.05, 0) is 38.0 Å². The van der Waals surface area contributed by atoms with Gasteiger partial charge in [-0.3, -0.25) is 9.59 Å². The van der Waals surface area contributed by atoms with Gasteiger partial charge in [-0.1, -0.05) is 30.3 Å². The van der Waals surface area contributed by atoms with Gasteiger partial charge in [-0.25, -0.2) is 4.98 Å². The molecule has 0 bridgehead atoms. The van der Waals surface area contributed by atoms with E-state index in [0.29, 0.717) is 12.0 Å². The molecule has 1 N–H and O–H groups in total. The fraction of sp³-hybridized carbons (Fsp3) is 0.227. The number of nitrogens with zero attached hydrogens (tertiary/aromatic N) is 1. The zero-order chi connectivity index (χ0) is 19.5. The number of ether oxygens (including phenoxy) is 1. The first kappa shape index (κ1) is 18.4. The molecule has 142 valence electrons. The van der Waals surface area contributed by atoms with E-state index < -0.39 is 6.10 Å². The van der Waals surface area contributed by atoms with Crippen molar-refractivity contribution in [3.63, 3.8) is 0 Å². The first-order chi connectivity index (χ1) is 13.6. The lowest BCUT2D eigenvalue weighted by atomic mass is 10.1. The quantitative estimate of drug-likeness (QED) is 0.358. The van der Waals surface area contributed by atoms with Crippen molar-refractivity contribution in [2.75, 3.05) is 0 Å². The van der Waals surface area contributed by atoms with E-state index in [2.05, 4.69) is 9.97 Å². The summed E-state index contributed by atoms with van der Waals surface area (Å²) in [4.78, 5) is 32.4. The average molecular weight is 392 g/mol. The van der Waals surface area contributed by atoms with Crippen LogP contribution in [-0.4, -0.2) is 27.8 Å². The van der Waals surface area contributed by atoms with Crippen molar-refractivity contribution in [1.82, 2.24) is 9.97 Å². The summed E-state index contributed by atoms with van der Waals surface area (Å²) in [5.41, 5.74) is 2.42. The van der Waals surface area contributed by atoms with Crippen LogP contribution in [0.15, 0.2) is 54.7 Å². The van der Waals surface area contributed by atoms with E-state index >= 15 is 0 Å². The van der Waals surface area contributed by atoms with Crippen LogP contribution in [0.25, 0.3) is 21.1 Å². The molecule has 28 heavy (non-hydrogen) atoms. The number of hydrogen-bond acceptors (Lipinski definition) is 5. The second-order valence-corrected chi connectivity index (χ2v) is 7.79. The maximum atomic E-state index is 12.6. The number of para-hydroxylation sites is 2. The van der Waals surface area contributed by atoms with Gasteiger partial charge < -0.3 is 9.72 Å². The van der Waals surface area contributed by atoms with Gasteiger partial charge >= 0.3 is 5.97 Å². The highest BCUT2D eigenvalue weighted by Gasteiger charge is 2.22. The third kappa shape index (κ3) is 3.82. The predicted octanol–water partition coefficient (Wildman–Crippen LogP) is 4.91. The summed E-state index contributed by atoms with van der Waals surface area (Å²) in [5.74, 6) is -0.557. The highest BCUT2D eigenvalue weighted by atomic mass is 32.1. The summed E-state index contributed by atoms with van der Waals surface area (Å²) in [6.07, 6.45) is 2.49. The molecule has 0 radical (unpaired) electrons. The summed E-state index contributed by atoms with van der Waals surface area (Å²) in [7, 11) is 0. The number of esters is 1. The van der Waals surface area contributed by atoms with Gasteiger partial charge in [0.2, 0.25) is 5.78 Å². The van der Waals surface area contributed by atoms with Gasteiger partial charge in [0.15, 0.2) is 6.10 Å². The zero-order valence-electron chi connectivity index (χ0n) is 15.5. The fourth-order valence-electron chi connectivity index (χ4n) is 3.21. The number of aryl methyl sites for hydroxylation is 1. The maximum Gasteiger partial charge on any atom is 0.306 e. The third-order valence-electron chi connectivity index (χ3n) is 4.64. The van der Waals surface area contributed by atoms with Crippen molar-refractivity contribution in [3.05, 3.63) is 65.3 Å². The van der Waals surface area contributed by atoms with Crippen LogP contribution in [0, 0.1) is 0 Å². The molecule has 0 aliphatic rings. The topological polar surface area (TPSA) is 72.0 Å². The molecule has 2 heterocycles. The Morgan fingerprint density at radius 3 is 2.79 bits per heavy atom. The van der Waals surface area contributed by atoms with E-state index in [9.17, 15) is 9.59 Å². The lowest BCUT2D eigenvalue weighted by Gasteiger charge is -2.11. The molecule has 5 nitrogen and oxygen atoms in total. The van der Waals surface area contributed by atoms with Gasteiger partial charge in [0.1, 0.15) is 0 Å². The molecule has 2 aromatic carbocycles. The Hall–Kier alpha value is -2.99. The highest BCUT2D eigenvalue weighted by Crippen LogP contribution is 2.23. The minimum Gasteiger partial charge on any atom is -0.454 e. The molecule has 2 aromatic heterocycles. The van der Waals surface area contributed by atoms with E-state index in [1.807, 2.05) is 48.5 Å². The van der Waals surface area contributed by atoms with Crippen LogP contribution in [0.5, 0.6) is 0 Å². The summed E-state index contributed by atoms with van der Waals surface area (Å²) in [5, 5.41) is 1.85. The number of carbonyl (C=O) groups excluding carboxylic acids is 2. The Balaban J connectivity index is 1.31. The number of fused-ring (bicyclic) bond motifs is 2. The van der Waals surface area contributed by atoms with Crippen LogP contribution in [0.1, 0.15) is 35.1 Å². The molecule has 0 saturated heterocycles. The molecule has 0 saturated carbocycles. The summed E-state index contributed by atoms with van der Waals surface area (Å²) in [6, 6.07) is 15.6. The summed E-state index contributed by atoms with van der Waals surface area (Å²) >= 11 is 1.65. The molecular weight excluding hydrogens is 372 g/mol. The molecule has 4 rings (SSSR count). The van der Waals surface area contributed by atoms with Crippen molar-refractivity contribution >= 4 is 44.2 Å². The van der Waals surface area contributed by atoms with Crippen LogP contribution in [0.3, 0.4) is 0 Å². The second-order valence-electron chi connectivity index (χ2n) is 6.67. The Morgan fingerprint density at radius 2 is 1.93 bits per heavy atom. The number of rotatable bonds is 7. The molecule has 1 atom stereocenters. The number of ketones is 1. The van der Waals surface area contributed by atoms with E-state index in [1.54, 1.807) is 24.5 Å². The van der Waals surface area contributed by atoms with Gasteiger partial charge in [0.25, 0.3) is 0 Å². The summed E-state index contributed by atoms with van der Waals surface area (Å²) in [6.45, 7) is 1.62. The summed E-state index contributed by atoms with van der Waals surface area (Å²) < 4.78 is 6.51. The van der Waals surface area contributed by atoms with Crippen LogP contribution in [0.2, 0.25) is 0 Å². The van der Waals surface area contributed by atoms with Crippen molar-refractivity contribution < 1.29 is 14.3 Å². The molecule has 0 amide bonds. The van der Waals surface area contributed by atoms with E-state index in [1.165, 1.54) is 0 Å². The van der Waals surface area contributed by atoms with Crippen molar-refractivity contribution in [2.24, 2.45) is 0 Å². The molecule has 0 aliphatic carbocycles. The van der Waals surface area contributed by atoms with Gasteiger partial charge in [0.05, 0.1) is 15.2 Å². The van der Waals surface area contributed by atoms with Crippen LogP contribution >= 0.6 is 11.3 Å². The molecule has 0 unspecified atom stereocenters. The van der Waals surface area contributed by atoms with Gasteiger partial charge in [-0.2, -0.15) is 0 Å². The van der Waals surface area contributed by atoms with Crippen LogP contribution in [-0.2, 0) is 16.0 Å². The number of hydrogen-bond donors (Lipinski definition) is 1. The van der Waals surface area contributed by atoms with Crippen LogP contribution < -0.4 is 0 Å². The third-order valence-corrected chi connectivity index (χ3v) is 5.74. The monoisotopic (exact) mass is 392 g/mol. The number of aromatic nitrogens is 2. The molecular formula is C22H20N2O3S. The fourth-order valence-corrected chi connectivity index (χ4v) is 4.22. The van der Waals surface area contributed by atoms with Gasteiger partial charge in [-0.15, -0.1) is 11.3 Å². The Morgan fingerprint density at radius 1 is 1.14 bits per heavy atom. The van der Waals surface area contributed by atoms with E-state index in [0.717, 1.165) is 32.5 Å². The van der Waals surface area contributed by atoms with Crippen LogP contribution in [0.4, 0.5) is 0 Å². The van der Waals surface area contributed by atoms with E-state index in [4.69, 9.17) is 4.74 Å². The van der Waals surface area contributed by atoms with Crippen molar-refractivity contribution in [2.45, 2.75) is 32.3 Å². The Bertz CT molecular complexity index is 1110. The molecule has 0 aliphatic heterocycles. The lowest BCUT2D eigenvalue weighted by Crippen LogP contribution is -2.24. The molecule has 6 heteroatoms. The maximum absolute atomic E-state index is 12.6. The number of benzene rings is 2. The van der Waals surface area contributed by atoms with Crippen molar-refractivity contribution in [3.8, 4) is 0 Å². The SMILES string of the molecule is C[C@@H](OC(=O)CCCc1nc2ccccc2s1)C(=O)c1c[nH]c2ccccc12. The lowest BCUT2D eigenvalue weighted by molar-refractivity contribution is -0.146. The molecule has 0 fully saturated rings. The smallest absolute Gasteiger partial charge is 0.306 e. The minimum absolute atomic E-state index is 0.197. The largest absolute Gasteiger partial charge is 0.454 e. The number of thiazole rings is 1. The Kier molecular flexibility index (Phi) is 5.21. The van der Waals surface area contributed by atoms with E-state index in [-0.39, 0.29) is 18.2 Å². The number of carbonyl (C=O) groups is 2. The average Bonchev–Trinajstić information content (AvgIpc) is 3.31. The number of Topliss-reactive ketones (excluding diaryl/α,β-unsaturated/α-hetero) is 1. The van der Waals surface area contributed by atoms with Gasteiger partial charge in [0, 0.05) is 29.1 Å². The number of H-pyrrole nitrogens is 1. The highest BCUT2D eigenvalue weighted by molar-refractivity contribution is 7.18. The number of nitrogens with one attached hydrogen (secondary N) is 1. The van der Waals surface area contributed by atoms with Crippen molar-refractivity contribution in [1.29, 1.82) is 0 Å². The second kappa shape index (κ2) is 7.94. The first-order valence-electron chi connectivity index (χ1n) is 9.26. The molecule has 0 spiro atoms. The Labute approximate surface area is 166 Å². The zero-order valence-corrected chi connectivity index (χ0v) is 16.3. The number of aromatic amines is 1. The minimum atomic E-state index is -0.811. The first-order valence-corrected chi connectivity index (χ1v) is 10.1. The predicted molar refractivity (Wildman–Crippen MR) is 111 cm³/mol. The normalized spacial score (nSPS) is 12.3. The standard InChI is InChI=1S/C22H20N2O3S/c1-14(22(26)16-13-23-17-8-3-2-7-15(16)17)27-21(25)12-6-11-20-24-18-9-4-5-10-19(18)28-20/h2-5,7-10,13-14,23H,6,11-12H2,1H3/t14-/m1/s1. The molecule has 4 aromatic rings.